The minimum Gasteiger partial charge on any atom is -0.512 e. The second kappa shape index (κ2) is 12.1. The topological polar surface area (TPSA) is 50.2 Å². The SMILES string of the molecule is CC(=O)/C=C(/C)O.CCc1cc(C)cc(-c2ccnc(-c3[c-]cccc3)c2)c1.[Ir]. The molecule has 29 heavy (non-hydrogen) atoms. The Labute approximate surface area is 186 Å². The number of aromatic nitrogens is 1. The molecule has 1 N–H and O–H groups in total. The number of allylic oxidation sites excluding steroid dienone is 2. The normalized spacial score (nSPS) is 10.4. The molecule has 0 bridgehead atoms. The smallest absolute Gasteiger partial charge is 0.155 e. The number of carbonyl (C=O) groups is 1. The molecule has 1 heterocycles. The van der Waals surface area contributed by atoms with Crippen molar-refractivity contribution in [2.24, 2.45) is 0 Å². The summed E-state index contributed by atoms with van der Waals surface area (Å²) >= 11 is 0. The fraction of sp³-hybridized carbons (Fsp3) is 0.200. The van der Waals surface area contributed by atoms with Crippen LogP contribution in [-0.2, 0) is 31.3 Å². The van der Waals surface area contributed by atoms with Gasteiger partial charge in [0.25, 0.3) is 0 Å². The number of hydrogen-bond donors (Lipinski definition) is 1. The average molecular weight is 565 g/mol. The second-order valence-corrected chi connectivity index (χ2v) is 6.66. The molecule has 1 radical (unpaired) electrons. The van der Waals surface area contributed by atoms with E-state index in [1.54, 1.807) is 0 Å². The zero-order chi connectivity index (χ0) is 20.5. The summed E-state index contributed by atoms with van der Waals surface area (Å²) in [6.45, 7) is 7.19. The van der Waals surface area contributed by atoms with Crippen molar-refractivity contribution in [3.63, 3.8) is 0 Å². The van der Waals surface area contributed by atoms with Gasteiger partial charge in [0.1, 0.15) is 0 Å². The summed E-state index contributed by atoms with van der Waals surface area (Å²) in [6.07, 6.45) is 4.10. The number of hydrogen-bond acceptors (Lipinski definition) is 3. The summed E-state index contributed by atoms with van der Waals surface area (Å²) < 4.78 is 0. The van der Waals surface area contributed by atoms with Crippen molar-refractivity contribution in [1.29, 1.82) is 0 Å². The first-order chi connectivity index (χ1) is 13.4. The Bertz CT molecular complexity index is 962. The van der Waals surface area contributed by atoms with Crippen LogP contribution in [0.3, 0.4) is 0 Å². The minimum atomic E-state index is -0.125. The maximum Gasteiger partial charge on any atom is 0.155 e. The molecular weight excluding hydrogens is 538 g/mol. The molecule has 2 aromatic carbocycles. The van der Waals surface area contributed by atoms with Gasteiger partial charge in [0.2, 0.25) is 0 Å². The Hall–Kier alpha value is -2.55. The van der Waals surface area contributed by atoms with Gasteiger partial charge in [0.05, 0.1) is 5.76 Å². The van der Waals surface area contributed by atoms with Crippen LogP contribution in [0.15, 0.2) is 72.6 Å². The Kier molecular flexibility index (Phi) is 10.2. The molecule has 0 fully saturated rings. The molecule has 0 spiro atoms. The van der Waals surface area contributed by atoms with E-state index in [9.17, 15) is 4.79 Å². The molecular formula is C25H26IrNO2-. The van der Waals surface area contributed by atoms with Gasteiger partial charge in [-0.25, -0.2) is 0 Å². The molecule has 0 unspecified atom stereocenters. The number of ketones is 1. The number of carbonyl (C=O) groups excluding carboxylic acids is 1. The molecule has 3 nitrogen and oxygen atoms in total. The molecule has 0 aliphatic rings. The Morgan fingerprint density at radius 2 is 1.86 bits per heavy atom. The van der Waals surface area contributed by atoms with Crippen molar-refractivity contribution in [1.82, 2.24) is 4.98 Å². The van der Waals surface area contributed by atoms with E-state index in [1.807, 2.05) is 30.5 Å². The zero-order valence-electron chi connectivity index (χ0n) is 17.2. The molecule has 3 aromatic rings. The van der Waals surface area contributed by atoms with Gasteiger partial charge in [0, 0.05) is 32.4 Å². The molecule has 0 aliphatic carbocycles. The van der Waals surface area contributed by atoms with E-state index in [1.165, 1.54) is 42.2 Å². The first-order valence-electron chi connectivity index (χ1n) is 9.31. The third-order valence-electron chi connectivity index (χ3n) is 4.04. The van der Waals surface area contributed by atoms with Crippen LogP contribution in [0.4, 0.5) is 0 Å². The van der Waals surface area contributed by atoms with E-state index < -0.39 is 0 Å². The molecule has 0 aliphatic heterocycles. The number of nitrogens with zero attached hydrogens (tertiary/aromatic N) is 1. The van der Waals surface area contributed by atoms with Crippen LogP contribution >= 0.6 is 0 Å². The van der Waals surface area contributed by atoms with Crippen LogP contribution in [0.25, 0.3) is 22.4 Å². The number of aliphatic hydroxyl groups is 1. The fourth-order valence-corrected chi connectivity index (χ4v) is 2.84. The van der Waals surface area contributed by atoms with Gasteiger partial charge < -0.3 is 10.1 Å². The monoisotopic (exact) mass is 565 g/mol. The van der Waals surface area contributed by atoms with Crippen molar-refractivity contribution in [3.05, 3.63) is 89.8 Å². The molecule has 0 saturated carbocycles. The number of aliphatic hydroxyl groups excluding tert-OH is 1. The number of pyridine rings is 1. The van der Waals surface area contributed by atoms with Gasteiger partial charge in [0.15, 0.2) is 5.78 Å². The first-order valence-corrected chi connectivity index (χ1v) is 9.31. The van der Waals surface area contributed by atoms with Gasteiger partial charge in [-0.15, -0.1) is 35.9 Å². The van der Waals surface area contributed by atoms with Crippen molar-refractivity contribution in [2.45, 2.75) is 34.1 Å². The summed E-state index contributed by atoms with van der Waals surface area (Å²) in [6, 6.07) is 22.1. The van der Waals surface area contributed by atoms with Crippen molar-refractivity contribution >= 4 is 5.78 Å². The van der Waals surface area contributed by atoms with Crippen molar-refractivity contribution in [2.75, 3.05) is 0 Å². The van der Waals surface area contributed by atoms with Crippen molar-refractivity contribution < 1.29 is 30.0 Å². The number of benzene rings is 2. The van der Waals surface area contributed by atoms with Crippen molar-refractivity contribution in [3.8, 4) is 22.4 Å². The second-order valence-electron chi connectivity index (χ2n) is 6.66. The maximum absolute atomic E-state index is 10.0. The van der Waals surface area contributed by atoms with Gasteiger partial charge in [-0.05, 0) is 55.6 Å². The minimum absolute atomic E-state index is 0. The van der Waals surface area contributed by atoms with Gasteiger partial charge in [-0.2, -0.15) is 0 Å². The molecule has 0 amide bonds. The van der Waals surface area contributed by atoms with Crippen LogP contribution in [0, 0.1) is 13.0 Å². The Morgan fingerprint density at radius 1 is 1.10 bits per heavy atom. The first kappa shape index (κ1) is 24.5. The standard InChI is InChI=1S/C20H18N.C5H8O2.Ir/c1-3-16-11-15(2)12-19(13-16)18-9-10-21-20(14-18)17-7-5-4-6-8-17;1-4(6)3-5(2)7;/h4-7,9-14H,3H2,1-2H3;3,6H,1-2H3;/q-1;;/b;4-3-;. The van der Waals surface area contributed by atoms with Crippen LogP contribution in [0.1, 0.15) is 31.9 Å². The fourth-order valence-electron chi connectivity index (χ4n) is 2.84. The van der Waals surface area contributed by atoms with Gasteiger partial charge in [-0.1, -0.05) is 36.8 Å². The van der Waals surface area contributed by atoms with E-state index in [4.69, 9.17) is 5.11 Å². The van der Waals surface area contributed by atoms with E-state index >= 15 is 0 Å². The Morgan fingerprint density at radius 3 is 2.41 bits per heavy atom. The van der Waals surface area contributed by atoms with Gasteiger partial charge >= 0.3 is 0 Å². The van der Waals surface area contributed by atoms with Gasteiger partial charge in [-0.3, -0.25) is 4.79 Å². The predicted molar refractivity (Wildman–Crippen MR) is 115 cm³/mol. The summed E-state index contributed by atoms with van der Waals surface area (Å²) in [5.74, 6) is -0.0625. The largest absolute Gasteiger partial charge is 0.512 e. The molecule has 0 saturated heterocycles. The summed E-state index contributed by atoms with van der Waals surface area (Å²) in [4.78, 5) is 14.5. The summed E-state index contributed by atoms with van der Waals surface area (Å²) in [5.41, 5.74) is 7.13. The average Bonchev–Trinajstić information content (AvgIpc) is 2.67. The van der Waals surface area contributed by atoms with Crippen LogP contribution in [0.5, 0.6) is 0 Å². The molecule has 4 heteroatoms. The van der Waals surface area contributed by atoms with E-state index in [0.29, 0.717) is 0 Å². The molecule has 0 atom stereocenters. The summed E-state index contributed by atoms with van der Waals surface area (Å²) in [5, 5.41) is 8.36. The van der Waals surface area contributed by atoms with E-state index in [2.05, 4.69) is 55.2 Å². The third kappa shape index (κ3) is 8.15. The van der Waals surface area contributed by atoms with Crippen LogP contribution in [0.2, 0.25) is 0 Å². The van der Waals surface area contributed by atoms with Crippen LogP contribution in [-0.4, -0.2) is 15.9 Å². The molecule has 3 rings (SSSR count). The number of aryl methyl sites for hydroxylation is 2. The zero-order valence-corrected chi connectivity index (χ0v) is 19.6. The van der Waals surface area contributed by atoms with Crippen LogP contribution < -0.4 is 0 Å². The number of rotatable bonds is 4. The maximum atomic E-state index is 10.0. The quantitative estimate of drug-likeness (QED) is 0.236. The van der Waals surface area contributed by atoms with E-state index in [-0.39, 0.29) is 31.6 Å². The predicted octanol–water partition coefficient (Wildman–Crippen LogP) is 6.12. The summed E-state index contributed by atoms with van der Waals surface area (Å²) in [7, 11) is 0. The molecule has 1 aromatic heterocycles. The van der Waals surface area contributed by atoms with E-state index in [0.717, 1.165) is 17.7 Å². The Balaban J connectivity index is 0.000000456. The molecule has 153 valence electrons. The third-order valence-corrected chi connectivity index (χ3v) is 4.04.